The lowest BCUT2D eigenvalue weighted by molar-refractivity contribution is -0.0498. The fourth-order valence-electron chi connectivity index (χ4n) is 3.75. The summed E-state index contributed by atoms with van der Waals surface area (Å²) in [6, 6.07) is 9.82. The van der Waals surface area contributed by atoms with Crippen molar-refractivity contribution in [3.05, 3.63) is 53.6 Å². The quantitative estimate of drug-likeness (QED) is 0.619. The molecule has 0 saturated carbocycles. The van der Waals surface area contributed by atoms with E-state index in [0.717, 1.165) is 29.7 Å². The first kappa shape index (κ1) is 22.8. The number of sulfonamides is 1. The molecule has 0 unspecified atom stereocenters. The van der Waals surface area contributed by atoms with Crippen LogP contribution < -0.4 is 9.46 Å². The van der Waals surface area contributed by atoms with Crippen LogP contribution in [0.25, 0.3) is 0 Å². The molecule has 3 rings (SSSR count). The number of nitrogens with one attached hydrogen (secondary N) is 1. The van der Waals surface area contributed by atoms with Gasteiger partial charge in [0.05, 0.1) is 4.90 Å². The molecular weight excluding hydrogens is 430 g/mol. The van der Waals surface area contributed by atoms with Gasteiger partial charge in [0.15, 0.2) is 0 Å². The Kier molecular flexibility index (Phi) is 6.99. The summed E-state index contributed by atoms with van der Waals surface area (Å²) in [6.45, 7) is -0.570. The molecule has 0 fully saturated rings. The van der Waals surface area contributed by atoms with Gasteiger partial charge in [-0.2, -0.15) is 8.78 Å². The molecule has 0 heterocycles. The van der Waals surface area contributed by atoms with Crippen LogP contribution in [0, 0.1) is 0 Å². The van der Waals surface area contributed by atoms with Gasteiger partial charge in [-0.3, -0.25) is 4.72 Å². The number of nitrogens with zero attached hydrogens (tertiary/aromatic N) is 1. The third-order valence-corrected chi connectivity index (χ3v) is 6.57. The molecule has 31 heavy (non-hydrogen) atoms. The molecule has 1 aliphatic carbocycles. The minimum atomic E-state index is -3.91. The van der Waals surface area contributed by atoms with Crippen molar-refractivity contribution in [2.75, 3.05) is 11.3 Å². The topological polar surface area (TPSA) is 95.9 Å². The van der Waals surface area contributed by atoms with E-state index in [9.17, 15) is 27.1 Å². The van der Waals surface area contributed by atoms with Gasteiger partial charge in [0.25, 0.3) is 10.0 Å². The van der Waals surface area contributed by atoms with Gasteiger partial charge in [-0.25, -0.2) is 13.2 Å². The largest absolute Gasteiger partial charge is 0.465 e. The summed E-state index contributed by atoms with van der Waals surface area (Å²) in [5, 5.41) is 9.45. The Morgan fingerprint density at radius 1 is 1.23 bits per heavy atom. The summed E-state index contributed by atoms with van der Waals surface area (Å²) < 4.78 is 56.4. The van der Waals surface area contributed by atoms with Gasteiger partial charge in [-0.05, 0) is 73.2 Å². The summed E-state index contributed by atoms with van der Waals surface area (Å²) in [4.78, 5) is 12.9. The summed E-state index contributed by atoms with van der Waals surface area (Å²) in [6.07, 6.45) is 1.71. The van der Waals surface area contributed by atoms with Crippen LogP contribution in [-0.2, 0) is 22.9 Å². The summed E-state index contributed by atoms with van der Waals surface area (Å²) >= 11 is 0. The number of fused-ring (bicyclic) bond motifs is 1. The van der Waals surface area contributed by atoms with Crippen molar-refractivity contribution >= 4 is 21.8 Å². The molecule has 0 spiro atoms. The number of aryl methyl sites for hydroxylation is 1. The SMILES string of the molecule is CCCN(C(=O)O)[C@H]1CCc2cc(NS(=O)(=O)c3ccc(OC(F)F)cc3)ccc2C1. The second-order valence-electron chi connectivity index (χ2n) is 7.31. The van der Waals surface area contributed by atoms with E-state index in [0.29, 0.717) is 31.5 Å². The number of hydrogen-bond donors (Lipinski definition) is 2. The fourth-order valence-corrected chi connectivity index (χ4v) is 4.80. The standard InChI is InChI=1S/C21H24F2N2O5S/c1-2-11-25(21(26)27)17-6-4-14-12-16(5-3-15(14)13-17)24-31(28,29)19-9-7-18(8-10-19)30-20(22)23/h3,5,7-10,12,17,20,24H,2,4,6,11,13H2,1H3,(H,26,27)/t17-/m0/s1. The van der Waals surface area contributed by atoms with Gasteiger partial charge in [-0.1, -0.05) is 13.0 Å². The number of benzene rings is 2. The maximum Gasteiger partial charge on any atom is 0.407 e. The molecule has 0 bridgehead atoms. The van der Waals surface area contributed by atoms with Crippen LogP contribution in [0.4, 0.5) is 19.3 Å². The van der Waals surface area contributed by atoms with Crippen molar-refractivity contribution in [1.82, 2.24) is 4.90 Å². The first-order valence-corrected chi connectivity index (χ1v) is 11.4. The molecule has 10 heteroatoms. The summed E-state index contributed by atoms with van der Waals surface area (Å²) in [5.74, 6) is -0.129. The van der Waals surface area contributed by atoms with E-state index in [1.165, 1.54) is 17.0 Å². The van der Waals surface area contributed by atoms with E-state index in [1.807, 2.05) is 13.0 Å². The summed E-state index contributed by atoms with van der Waals surface area (Å²) in [7, 11) is -3.91. The average molecular weight is 454 g/mol. The van der Waals surface area contributed by atoms with Crippen LogP contribution in [0.2, 0.25) is 0 Å². The van der Waals surface area contributed by atoms with Gasteiger partial charge >= 0.3 is 12.7 Å². The normalized spacial score (nSPS) is 15.9. The van der Waals surface area contributed by atoms with E-state index in [4.69, 9.17) is 0 Å². The van der Waals surface area contributed by atoms with Crippen LogP contribution in [-0.4, -0.2) is 43.7 Å². The number of carboxylic acid groups (broad SMARTS) is 1. The number of alkyl halides is 2. The van der Waals surface area contributed by atoms with Crippen molar-refractivity contribution < 1.29 is 31.8 Å². The second-order valence-corrected chi connectivity index (χ2v) is 8.99. The zero-order chi connectivity index (χ0) is 22.6. The first-order valence-electron chi connectivity index (χ1n) is 9.88. The minimum absolute atomic E-state index is 0.0800. The van der Waals surface area contributed by atoms with E-state index >= 15 is 0 Å². The highest BCUT2D eigenvalue weighted by atomic mass is 32.2. The molecule has 0 radical (unpaired) electrons. The van der Waals surface area contributed by atoms with Crippen molar-refractivity contribution in [2.45, 2.75) is 50.2 Å². The highest BCUT2D eigenvalue weighted by Crippen LogP contribution is 2.28. The number of hydrogen-bond acceptors (Lipinski definition) is 4. The Morgan fingerprint density at radius 3 is 2.55 bits per heavy atom. The molecule has 7 nitrogen and oxygen atoms in total. The highest BCUT2D eigenvalue weighted by molar-refractivity contribution is 7.92. The highest BCUT2D eigenvalue weighted by Gasteiger charge is 2.27. The predicted octanol–water partition coefficient (Wildman–Crippen LogP) is 4.34. The summed E-state index contributed by atoms with van der Waals surface area (Å²) in [5.41, 5.74) is 2.35. The molecule has 0 saturated heterocycles. The van der Waals surface area contributed by atoms with E-state index in [2.05, 4.69) is 9.46 Å². The van der Waals surface area contributed by atoms with Crippen LogP contribution >= 0.6 is 0 Å². The molecular formula is C21H24F2N2O5S. The molecule has 1 atom stereocenters. The zero-order valence-corrected chi connectivity index (χ0v) is 17.7. The van der Waals surface area contributed by atoms with E-state index in [1.54, 1.807) is 12.1 Å². The number of halogens is 2. The minimum Gasteiger partial charge on any atom is -0.465 e. The smallest absolute Gasteiger partial charge is 0.407 e. The molecule has 0 aliphatic heterocycles. The number of ether oxygens (including phenoxy) is 1. The van der Waals surface area contributed by atoms with Crippen molar-refractivity contribution in [3.8, 4) is 5.75 Å². The molecule has 1 aliphatic rings. The Hall–Kier alpha value is -2.88. The van der Waals surface area contributed by atoms with Crippen molar-refractivity contribution in [3.63, 3.8) is 0 Å². The monoisotopic (exact) mass is 454 g/mol. The Balaban J connectivity index is 1.72. The van der Waals surface area contributed by atoms with Crippen molar-refractivity contribution in [2.24, 2.45) is 0 Å². The lowest BCUT2D eigenvalue weighted by Crippen LogP contribution is -2.43. The van der Waals surface area contributed by atoms with E-state index in [-0.39, 0.29) is 16.7 Å². The molecule has 2 N–H and O–H groups in total. The molecule has 0 aromatic heterocycles. The zero-order valence-electron chi connectivity index (χ0n) is 16.9. The van der Waals surface area contributed by atoms with Gasteiger partial charge in [-0.15, -0.1) is 0 Å². The number of rotatable bonds is 8. The number of anilines is 1. The van der Waals surface area contributed by atoms with Crippen LogP contribution in [0.5, 0.6) is 5.75 Å². The Labute approximate surface area is 179 Å². The third kappa shape index (κ3) is 5.63. The number of carbonyl (C=O) groups is 1. The average Bonchev–Trinajstić information content (AvgIpc) is 2.71. The second kappa shape index (κ2) is 9.51. The fraction of sp³-hybridized carbons (Fsp3) is 0.381. The molecule has 2 aromatic carbocycles. The van der Waals surface area contributed by atoms with Gasteiger partial charge in [0.2, 0.25) is 0 Å². The lowest BCUT2D eigenvalue weighted by atomic mass is 9.87. The van der Waals surface area contributed by atoms with Gasteiger partial charge in [0.1, 0.15) is 5.75 Å². The van der Waals surface area contributed by atoms with Crippen LogP contribution in [0.1, 0.15) is 30.9 Å². The number of amides is 1. The van der Waals surface area contributed by atoms with E-state index < -0.39 is 22.7 Å². The first-order chi connectivity index (χ1) is 14.7. The van der Waals surface area contributed by atoms with Crippen LogP contribution in [0.3, 0.4) is 0 Å². The Morgan fingerprint density at radius 2 is 1.94 bits per heavy atom. The molecule has 2 aromatic rings. The maximum atomic E-state index is 12.6. The molecule has 168 valence electrons. The lowest BCUT2D eigenvalue weighted by Gasteiger charge is -2.33. The Bertz CT molecular complexity index is 1030. The predicted molar refractivity (Wildman–Crippen MR) is 111 cm³/mol. The van der Waals surface area contributed by atoms with Gasteiger partial charge < -0.3 is 14.7 Å². The molecule has 1 amide bonds. The maximum absolute atomic E-state index is 12.6. The third-order valence-electron chi connectivity index (χ3n) is 5.17. The van der Waals surface area contributed by atoms with Crippen LogP contribution in [0.15, 0.2) is 47.4 Å². The van der Waals surface area contributed by atoms with Gasteiger partial charge in [0, 0.05) is 18.3 Å². The van der Waals surface area contributed by atoms with Crippen molar-refractivity contribution in [1.29, 1.82) is 0 Å².